The average Bonchev–Trinajstić information content (AvgIpc) is 2.74. The molecule has 0 radical (unpaired) electrons. The van der Waals surface area contributed by atoms with Gasteiger partial charge in [-0.2, -0.15) is 0 Å². The van der Waals surface area contributed by atoms with E-state index in [0.717, 1.165) is 17.7 Å². The van der Waals surface area contributed by atoms with Gasteiger partial charge in [-0.1, -0.05) is 12.1 Å². The summed E-state index contributed by atoms with van der Waals surface area (Å²) in [5.74, 6) is -2.06. The van der Waals surface area contributed by atoms with Crippen LogP contribution in [0.3, 0.4) is 0 Å². The summed E-state index contributed by atoms with van der Waals surface area (Å²) in [6.45, 7) is 0.292. The van der Waals surface area contributed by atoms with E-state index in [4.69, 9.17) is 4.74 Å². The molecule has 9 heteroatoms. The van der Waals surface area contributed by atoms with E-state index >= 15 is 0 Å². The average molecular weight is 432 g/mol. The summed E-state index contributed by atoms with van der Waals surface area (Å²) >= 11 is 0. The maximum absolute atomic E-state index is 13.3. The predicted octanol–water partition coefficient (Wildman–Crippen LogP) is 3.70. The molecule has 3 rings (SSSR count). The lowest BCUT2D eigenvalue weighted by molar-refractivity contribution is 0.0951. The summed E-state index contributed by atoms with van der Waals surface area (Å²) in [4.78, 5) is 11.9. The van der Waals surface area contributed by atoms with Gasteiger partial charge in [0.25, 0.3) is 15.9 Å². The Kier molecular flexibility index (Phi) is 6.31. The van der Waals surface area contributed by atoms with Crippen molar-refractivity contribution >= 4 is 21.6 Å². The van der Waals surface area contributed by atoms with Gasteiger partial charge in [-0.05, 0) is 60.2 Å². The third-order valence-corrected chi connectivity index (χ3v) is 5.57. The molecule has 0 bridgehead atoms. The van der Waals surface area contributed by atoms with Gasteiger partial charge in [-0.15, -0.1) is 0 Å². The number of anilines is 1. The van der Waals surface area contributed by atoms with Crippen molar-refractivity contribution in [3.05, 3.63) is 89.5 Å². The largest absolute Gasteiger partial charge is 0.497 e. The molecule has 0 aliphatic rings. The molecule has 6 nitrogen and oxygen atoms in total. The second kappa shape index (κ2) is 8.91. The highest BCUT2D eigenvalue weighted by molar-refractivity contribution is 7.92. The Bertz CT molecular complexity index is 1170. The number of hydrogen-bond donors (Lipinski definition) is 2. The standard InChI is InChI=1S/C21H18F2N2O4S/c1-29-17-4-2-3-14(11-17)13-24-21(26)15-5-7-16(8-6-15)25-30(27,28)18-9-10-19(22)20(23)12-18/h2-12,25H,13H2,1H3,(H,24,26). The molecular weight excluding hydrogens is 414 g/mol. The minimum atomic E-state index is -4.11. The van der Waals surface area contributed by atoms with Crippen molar-refractivity contribution in [3.8, 4) is 5.75 Å². The van der Waals surface area contributed by atoms with Gasteiger partial charge < -0.3 is 10.1 Å². The Morgan fingerprint density at radius 1 is 0.967 bits per heavy atom. The zero-order valence-corrected chi connectivity index (χ0v) is 16.7. The predicted molar refractivity (Wildman–Crippen MR) is 108 cm³/mol. The number of nitrogens with one attached hydrogen (secondary N) is 2. The van der Waals surface area contributed by atoms with Crippen molar-refractivity contribution in [1.82, 2.24) is 5.32 Å². The SMILES string of the molecule is COc1cccc(CNC(=O)c2ccc(NS(=O)(=O)c3ccc(F)c(F)c3)cc2)c1. The number of methoxy groups -OCH3 is 1. The van der Waals surface area contributed by atoms with E-state index < -0.39 is 26.6 Å². The van der Waals surface area contributed by atoms with E-state index in [0.29, 0.717) is 23.9 Å². The first kappa shape index (κ1) is 21.3. The minimum Gasteiger partial charge on any atom is -0.497 e. The minimum absolute atomic E-state index is 0.170. The number of rotatable bonds is 7. The lowest BCUT2D eigenvalue weighted by Crippen LogP contribution is -2.22. The molecule has 0 saturated heterocycles. The fraction of sp³-hybridized carbons (Fsp3) is 0.0952. The molecule has 0 fully saturated rings. The fourth-order valence-corrected chi connectivity index (χ4v) is 3.68. The number of halogens is 2. The zero-order valence-electron chi connectivity index (χ0n) is 15.9. The number of carbonyl (C=O) groups is 1. The summed E-state index contributed by atoms with van der Waals surface area (Å²) in [6, 6.07) is 15.2. The summed E-state index contributed by atoms with van der Waals surface area (Å²) in [7, 11) is -2.55. The molecule has 1 amide bonds. The fourth-order valence-electron chi connectivity index (χ4n) is 2.61. The summed E-state index contributed by atoms with van der Waals surface area (Å²) < 4.78 is 58.3. The first-order valence-corrected chi connectivity index (χ1v) is 10.3. The van der Waals surface area contributed by atoms with Crippen LogP contribution in [0.1, 0.15) is 15.9 Å². The summed E-state index contributed by atoms with van der Waals surface area (Å²) in [5.41, 5.74) is 1.36. The maximum Gasteiger partial charge on any atom is 0.261 e. The first-order chi connectivity index (χ1) is 14.3. The molecule has 0 saturated carbocycles. The zero-order chi connectivity index (χ0) is 21.7. The van der Waals surface area contributed by atoms with Crippen LogP contribution < -0.4 is 14.8 Å². The first-order valence-electron chi connectivity index (χ1n) is 8.77. The molecular formula is C21H18F2N2O4S. The Morgan fingerprint density at radius 3 is 2.37 bits per heavy atom. The topological polar surface area (TPSA) is 84.5 Å². The van der Waals surface area contributed by atoms with Gasteiger partial charge in [0.1, 0.15) is 5.75 Å². The molecule has 0 aromatic heterocycles. The van der Waals surface area contributed by atoms with E-state index in [2.05, 4.69) is 10.0 Å². The van der Waals surface area contributed by atoms with Gasteiger partial charge in [0.05, 0.1) is 12.0 Å². The van der Waals surface area contributed by atoms with Gasteiger partial charge in [0.2, 0.25) is 0 Å². The van der Waals surface area contributed by atoms with E-state index in [1.54, 1.807) is 19.2 Å². The highest BCUT2D eigenvalue weighted by Gasteiger charge is 2.17. The molecule has 156 valence electrons. The summed E-state index contributed by atoms with van der Waals surface area (Å²) in [5, 5.41) is 2.76. The van der Waals surface area contributed by atoms with Crippen LogP contribution in [0.4, 0.5) is 14.5 Å². The van der Waals surface area contributed by atoms with Crippen LogP contribution in [0, 0.1) is 11.6 Å². The molecule has 0 atom stereocenters. The molecule has 3 aromatic carbocycles. The smallest absolute Gasteiger partial charge is 0.261 e. The van der Waals surface area contributed by atoms with Crippen molar-refractivity contribution in [2.24, 2.45) is 0 Å². The van der Waals surface area contributed by atoms with Crippen LogP contribution in [0.2, 0.25) is 0 Å². The Morgan fingerprint density at radius 2 is 1.70 bits per heavy atom. The van der Waals surface area contributed by atoms with Gasteiger partial charge in [0.15, 0.2) is 11.6 Å². The van der Waals surface area contributed by atoms with Crippen LogP contribution in [0.25, 0.3) is 0 Å². The Hall–Kier alpha value is -3.46. The number of carbonyl (C=O) groups excluding carboxylic acids is 1. The third kappa shape index (κ3) is 5.12. The Balaban J connectivity index is 1.65. The number of hydrogen-bond acceptors (Lipinski definition) is 4. The van der Waals surface area contributed by atoms with Crippen LogP contribution in [-0.2, 0) is 16.6 Å². The highest BCUT2D eigenvalue weighted by atomic mass is 32.2. The highest BCUT2D eigenvalue weighted by Crippen LogP contribution is 2.19. The van der Waals surface area contributed by atoms with Crippen LogP contribution in [0.5, 0.6) is 5.75 Å². The van der Waals surface area contributed by atoms with Crippen molar-refractivity contribution < 1.29 is 26.7 Å². The maximum atomic E-state index is 13.3. The van der Waals surface area contributed by atoms with Crippen molar-refractivity contribution in [2.75, 3.05) is 11.8 Å². The van der Waals surface area contributed by atoms with E-state index in [1.165, 1.54) is 24.3 Å². The second-order valence-corrected chi connectivity index (χ2v) is 7.98. The van der Waals surface area contributed by atoms with E-state index in [1.807, 2.05) is 12.1 Å². The van der Waals surface area contributed by atoms with E-state index in [-0.39, 0.29) is 11.6 Å². The van der Waals surface area contributed by atoms with Crippen LogP contribution in [0.15, 0.2) is 71.6 Å². The van der Waals surface area contributed by atoms with Gasteiger partial charge in [-0.25, -0.2) is 17.2 Å². The molecule has 30 heavy (non-hydrogen) atoms. The lowest BCUT2D eigenvalue weighted by atomic mass is 10.1. The van der Waals surface area contributed by atoms with Crippen molar-refractivity contribution in [3.63, 3.8) is 0 Å². The Labute approximate surface area is 172 Å². The van der Waals surface area contributed by atoms with E-state index in [9.17, 15) is 22.0 Å². The number of amides is 1. The van der Waals surface area contributed by atoms with Gasteiger partial charge in [-0.3, -0.25) is 9.52 Å². The molecule has 0 aliphatic carbocycles. The van der Waals surface area contributed by atoms with Gasteiger partial charge >= 0.3 is 0 Å². The number of benzene rings is 3. The second-order valence-electron chi connectivity index (χ2n) is 6.29. The van der Waals surface area contributed by atoms with Crippen LogP contribution in [-0.4, -0.2) is 21.4 Å². The molecule has 0 heterocycles. The van der Waals surface area contributed by atoms with Gasteiger partial charge in [0, 0.05) is 17.8 Å². The lowest BCUT2D eigenvalue weighted by Gasteiger charge is -2.10. The monoisotopic (exact) mass is 432 g/mol. The quantitative estimate of drug-likeness (QED) is 0.596. The molecule has 0 unspecified atom stereocenters. The molecule has 0 spiro atoms. The van der Waals surface area contributed by atoms with Crippen molar-refractivity contribution in [2.45, 2.75) is 11.4 Å². The number of ether oxygens (including phenoxy) is 1. The number of sulfonamides is 1. The molecule has 2 N–H and O–H groups in total. The summed E-state index contributed by atoms with van der Waals surface area (Å²) in [6.07, 6.45) is 0. The molecule has 0 aliphatic heterocycles. The third-order valence-electron chi connectivity index (χ3n) is 4.19. The molecule has 3 aromatic rings. The van der Waals surface area contributed by atoms with Crippen LogP contribution >= 0.6 is 0 Å². The normalized spacial score (nSPS) is 11.0. The van der Waals surface area contributed by atoms with Crippen molar-refractivity contribution in [1.29, 1.82) is 0 Å².